The second-order valence-electron chi connectivity index (χ2n) is 7.64. The Bertz CT molecular complexity index is 625. The van der Waals surface area contributed by atoms with E-state index in [9.17, 15) is 5.11 Å². The maximum Gasteiger partial charge on any atom is 0.191 e. The van der Waals surface area contributed by atoms with Crippen LogP contribution in [0.15, 0.2) is 23.2 Å². The van der Waals surface area contributed by atoms with Gasteiger partial charge in [-0.1, -0.05) is 12.8 Å². The Kier molecular flexibility index (Phi) is 10.8. The number of guanidine groups is 1. The molecule has 0 amide bonds. The molecule has 2 rings (SSSR count). The zero-order valence-corrected chi connectivity index (χ0v) is 18.9. The highest BCUT2D eigenvalue weighted by atomic mass is 16.5. The average molecular weight is 422 g/mol. The standard InChI is InChI=1S/C23H39N3O4/c1-5-24-23(25-12-11-22(30-6-2)17-9-7-8-10-17)26-16-21(27)18-13-19(28-3)15-20(14-18)29-4/h13-15,17,21-22,27H,5-12,16H2,1-4H3,(H2,24,25,26). The van der Waals surface area contributed by atoms with E-state index in [1.165, 1.54) is 25.7 Å². The lowest BCUT2D eigenvalue weighted by Crippen LogP contribution is -2.39. The van der Waals surface area contributed by atoms with Crippen molar-refractivity contribution in [2.75, 3.05) is 40.5 Å². The molecule has 1 aliphatic carbocycles. The van der Waals surface area contributed by atoms with Gasteiger partial charge in [0.2, 0.25) is 0 Å². The minimum absolute atomic E-state index is 0.239. The molecule has 3 N–H and O–H groups in total. The van der Waals surface area contributed by atoms with Crippen molar-refractivity contribution in [3.63, 3.8) is 0 Å². The summed E-state index contributed by atoms with van der Waals surface area (Å²) in [6.45, 7) is 6.63. The van der Waals surface area contributed by atoms with E-state index < -0.39 is 6.10 Å². The molecule has 0 spiro atoms. The van der Waals surface area contributed by atoms with Crippen molar-refractivity contribution >= 4 is 5.96 Å². The summed E-state index contributed by atoms with van der Waals surface area (Å²) in [5, 5.41) is 17.2. The van der Waals surface area contributed by atoms with Crippen molar-refractivity contribution in [1.82, 2.24) is 10.6 Å². The van der Waals surface area contributed by atoms with Crippen LogP contribution >= 0.6 is 0 Å². The van der Waals surface area contributed by atoms with Crippen LogP contribution in [0, 0.1) is 5.92 Å². The van der Waals surface area contributed by atoms with Gasteiger partial charge in [-0.15, -0.1) is 0 Å². The van der Waals surface area contributed by atoms with Crippen LogP contribution in [0.4, 0.5) is 0 Å². The molecule has 30 heavy (non-hydrogen) atoms. The van der Waals surface area contributed by atoms with E-state index in [-0.39, 0.29) is 6.54 Å². The number of benzene rings is 1. The van der Waals surface area contributed by atoms with E-state index in [4.69, 9.17) is 14.2 Å². The Labute approximate surface area is 181 Å². The quantitative estimate of drug-likeness (QED) is 0.355. The van der Waals surface area contributed by atoms with Crippen LogP contribution < -0.4 is 20.1 Å². The third-order valence-corrected chi connectivity index (χ3v) is 5.55. The lowest BCUT2D eigenvalue weighted by Gasteiger charge is -2.24. The summed E-state index contributed by atoms with van der Waals surface area (Å²) in [5.74, 6) is 2.67. The van der Waals surface area contributed by atoms with Crippen LogP contribution in [0.5, 0.6) is 11.5 Å². The van der Waals surface area contributed by atoms with Gasteiger partial charge in [0, 0.05) is 25.8 Å². The summed E-state index contributed by atoms with van der Waals surface area (Å²) >= 11 is 0. The van der Waals surface area contributed by atoms with Gasteiger partial charge in [0.05, 0.1) is 33.0 Å². The lowest BCUT2D eigenvalue weighted by atomic mass is 9.98. The molecule has 1 aliphatic rings. The number of nitrogens with one attached hydrogen (secondary N) is 2. The number of rotatable bonds is 12. The lowest BCUT2D eigenvalue weighted by molar-refractivity contribution is 0.0169. The summed E-state index contributed by atoms with van der Waals surface area (Å²) in [4.78, 5) is 4.56. The molecule has 0 aromatic heterocycles. The number of aliphatic hydroxyl groups excluding tert-OH is 1. The fraction of sp³-hybridized carbons (Fsp3) is 0.696. The highest BCUT2D eigenvalue weighted by Gasteiger charge is 2.25. The van der Waals surface area contributed by atoms with Gasteiger partial charge in [-0.3, -0.25) is 4.99 Å². The summed E-state index contributed by atoms with van der Waals surface area (Å²) in [7, 11) is 3.19. The first-order valence-electron chi connectivity index (χ1n) is 11.2. The molecule has 0 aliphatic heterocycles. The van der Waals surface area contributed by atoms with Crippen molar-refractivity contribution in [1.29, 1.82) is 0 Å². The highest BCUT2D eigenvalue weighted by Crippen LogP contribution is 2.30. The molecule has 0 radical (unpaired) electrons. The number of ether oxygens (including phenoxy) is 3. The van der Waals surface area contributed by atoms with Crippen LogP contribution in [-0.2, 0) is 4.74 Å². The molecular weight excluding hydrogens is 382 g/mol. The minimum Gasteiger partial charge on any atom is -0.497 e. The fourth-order valence-corrected chi connectivity index (χ4v) is 3.98. The smallest absolute Gasteiger partial charge is 0.191 e. The number of nitrogens with zero attached hydrogens (tertiary/aromatic N) is 1. The molecule has 1 saturated carbocycles. The first-order valence-corrected chi connectivity index (χ1v) is 11.2. The van der Waals surface area contributed by atoms with Crippen molar-refractivity contribution < 1.29 is 19.3 Å². The highest BCUT2D eigenvalue weighted by molar-refractivity contribution is 5.79. The molecule has 7 nitrogen and oxygen atoms in total. The second kappa shape index (κ2) is 13.3. The van der Waals surface area contributed by atoms with Gasteiger partial charge in [0.1, 0.15) is 11.5 Å². The molecule has 2 unspecified atom stereocenters. The van der Waals surface area contributed by atoms with Crippen LogP contribution in [0.1, 0.15) is 57.6 Å². The molecule has 2 atom stereocenters. The van der Waals surface area contributed by atoms with E-state index >= 15 is 0 Å². The van der Waals surface area contributed by atoms with Crippen LogP contribution in [0.2, 0.25) is 0 Å². The van der Waals surface area contributed by atoms with E-state index in [2.05, 4.69) is 22.5 Å². The SMILES string of the molecule is CCNC(=NCC(O)c1cc(OC)cc(OC)c1)NCCC(OCC)C1CCCC1. The molecule has 0 saturated heterocycles. The van der Waals surface area contributed by atoms with Gasteiger partial charge in [0.15, 0.2) is 5.96 Å². The van der Waals surface area contributed by atoms with Gasteiger partial charge in [-0.25, -0.2) is 0 Å². The van der Waals surface area contributed by atoms with E-state index in [1.807, 2.05) is 6.92 Å². The topological polar surface area (TPSA) is 84.3 Å². The van der Waals surface area contributed by atoms with Crippen LogP contribution in [0.25, 0.3) is 0 Å². The van der Waals surface area contributed by atoms with Crippen LogP contribution in [0.3, 0.4) is 0 Å². The number of hydrogen-bond donors (Lipinski definition) is 3. The van der Waals surface area contributed by atoms with Gasteiger partial charge < -0.3 is 30.0 Å². The Morgan fingerprint density at radius 3 is 2.33 bits per heavy atom. The Morgan fingerprint density at radius 1 is 1.10 bits per heavy atom. The third kappa shape index (κ3) is 7.69. The van der Waals surface area contributed by atoms with Gasteiger partial charge in [-0.05, 0) is 56.7 Å². The maximum absolute atomic E-state index is 10.6. The van der Waals surface area contributed by atoms with Gasteiger partial charge >= 0.3 is 0 Å². The van der Waals surface area contributed by atoms with E-state index in [1.54, 1.807) is 32.4 Å². The van der Waals surface area contributed by atoms with Gasteiger partial charge in [-0.2, -0.15) is 0 Å². The largest absolute Gasteiger partial charge is 0.497 e. The zero-order chi connectivity index (χ0) is 21.8. The Balaban J connectivity index is 1.92. The summed E-state index contributed by atoms with van der Waals surface area (Å²) < 4.78 is 16.6. The predicted molar refractivity (Wildman–Crippen MR) is 120 cm³/mol. The van der Waals surface area contributed by atoms with Crippen molar-refractivity contribution in [3.05, 3.63) is 23.8 Å². The molecule has 1 fully saturated rings. The number of aliphatic hydroxyl groups is 1. The third-order valence-electron chi connectivity index (χ3n) is 5.55. The molecule has 1 aromatic carbocycles. The summed E-state index contributed by atoms with van der Waals surface area (Å²) in [5.41, 5.74) is 0.712. The fourth-order valence-electron chi connectivity index (χ4n) is 3.98. The zero-order valence-electron chi connectivity index (χ0n) is 18.9. The monoisotopic (exact) mass is 421 g/mol. The molecule has 0 heterocycles. The normalized spacial score (nSPS) is 16.9. The first-order chi connectivity index (χ1) is 14.6. The maximum atomic E-state index is 10.6. The Hall–Kier alpha value is -1.99. The van der Waals surface area contributed by atoms with Crippen molar-refractivity contribution in [3.8, 4) is 11.5 Å². The molecular formula is C23H39N3O4. The number of methoxy groups -OCH3 is 2. The number of hydrogen-bond acceptors (Lipinski definition) is 5. The Morgan fingerprint density at radius 2 is 1.77 bits per heavy atom. The summed E-state index contributed by atoms with van der Waals surface area (Å²) in [6, 6.07) is 5.39. The number of aliphatic imine (C=N–C) groups is 1. The molecule has 170 valence electrons. The van der Waals surface area contributed by atoms with Crippen molar-refractivity contribution in [2.24, 2.45) is 10.9 Å². The predicted octanol–water partition coefficient (Wildman–Crippen LogP) is 3.28. The molecule has 1 aromatic rings. The first kappa shape index (κ1) is 24.3. The molecule has 0 bridgehead atoms. The summed E-state index contributed by atoms with van der Waals surface area (Å²) in [6.07, 6.45) is 5.70. The average Bonchev–Trinajstić information content (AvgIpc) is 3.31. The molecule has 7 heteroatoms. The van der Waals surface area contributed by atoms with Crippen molar-refractivity contribution in [2.45, 2.75) is 58.2 Å². The second-order valence-corrected chi connectivity index (χ2v) is 7.64. The van der Waals surface area contributed by atoms with E-state index in [0.717, 1.165) is 26.1 Å². The van der Waals surface area contributed by atoms with Gasteiger partial charge in [0.25, 0.3) is 0 Å². The van der Waals surface area contributed by atoms with E-state index in [0.29, 0.717) is 35.0 Å². The minimum atomic E-state index is -0.751. The van der Waals surface area contributed by atoms with Crippen LogP contribution in [-0.4, -0.2) is 57.6 Å².